The number of hydrogen-bond acceptors (Lipinski definition) is 3. The van der Waals surface area contributed by atoms with Gasteiger partial charge in [-0.3, -0.25) is 0 Å². The van der Waals surface area contributed by atoms with Crippen molar-refractivity contribution in [1.82, 2.24) is 16.0 Å². The number of benzene rings is 2. The van der Waals surface area contributed by atoms with Crippen molar-refractivity contribution in [3.63, 3.8) is 0 Å². The van der Waals surface area contributed by atoms with Gasteiger partial charge in [0, 0.05) is 13.1 Å². The second-order valence-corrected chi connectivity index (χ2v) is 6.07. The van der Waals surface area contributed by atoms with Gasteiger partial charge in [-0.2, -0.15) is 0 Å². The molecule has 3 N–H and O–H groups in total. The Labute approximate surface area is 146 Å². The van der Waals surface area contributed by atoms with E-state index in [-0.39, 0.29) is 0 Å². The maximum absolute atomic E-state index is 3.51. The first-order valence-electron chi connectivity index (χ1n) is 9.15. The van der Waals surface area contributed by atoms with E-state index in [0.29, 0.717) is 0 Å². The third-order valence-electron chi connectivity index (χ3n) is 4.05. The number of hydrogen-bond donors (Lipinski definition) is 3. The van der Waals surface area contributed by atoms with Crippen LogP contribution in [0.15, 0.2) is 60.7 Å². The van der Waals surface area contributed by atoms with Crippen LogP contribution in [0.1, 0.15) is 17.5 Å². The molecule has 3 nitrogen and oxygen atoms in total. The molecule has 3 heteroatoms. The minimum Gasteiger partial charge on any atom is -0.316 e. The molecule has 2 aromatic rings. The van der Waals surface area contributed by atoms with E-state index in [2.05, 4.69) is 76.6 Å². The molecule has 0 amide bonds. The molecule has 0 saturated heterocycles. The maximum Gasteiger partial charge on any atom is 0.00768 e. The first-order valence-corrected chi connectivity index (χ1v) is 9.15. The van der Waals surface area contributed by atoms with Crippen LogP contribution in [0.2, 0.25) is 0 Å². The molecule has 0 aromatic heterocycles. The fourth-order valence-corrected chi connectivity index (χ4v) is 2.64. The molecule has 0 aliphatic heterocycles. The molecule has 0 spiro atoms. The normalized spacial score (nSPS) is 10.8. The van der Waals surface area contributed by atoms with Gasteiger partial charge in [0.25, 0.3) is 0 Å². The average Bonchev–Trinajstić information content (AvgIpc) is 2.64. The van der Waals surface area contributed by atoms with Crippen LogP contribution in [0.5, 0.6) is 0 Å². The summed E-state index contributed by atoms with van der Waals surface area (Å²) >= 11 is 0. The molecule has 0 aliphatic rings. The highest BCUT2D eigenvalue weighted by Gasteiger charge is 1.93. The Morgan fingerprint density at radius 3 is 1.38 bits per heavy atom. The predicted octanol–water partition coefficient (Wildman–Crippen LogP) is 2.63. The Bertz CT molecular complexity index is 464. The molecule has 0 radical (unpaired) electrons. The molecular formula is C21H31N3. The Balaban J connectivity index is 1.32. The average molecular weight is 326 g/mol. The van der Waals surface area contributed by atoms with Gasteiger partial charge in [-0.1, -0.05) is 60.7 Å². The molecule has 0 atom stereocenters. The summed E-state index contributed by atoms with van der Waals surface area (Å²) in [6.45, 7) is 6.35. The molecule has 2 aromatic carbocycles. The highest BCUT2D eigenvalue weighted by atomic mass is 14.9. The van der Waals surface area contributed by atoms with Crippen LogP contribution in [0.4, 0.5) is 0 Å². The summed E-state index contributed by atoms with van der Waals surface area (Å²) in [7, 11) is 0. The Morgan fingerprint density at radius 2 is 0.875 bits per heavy atom. The van der Waals surface area contributed by atoms with E-state index in [1.807, 2.05) is 0 Å². The zero-order valence-electron chi connectivity index (χ0n) is 14.6. The zero-order chi connectivity index (χ0) is 16.7. The molecule has 2 rings (SSSR count). The fraction of sp³-hybridized carbons (Fsp3) is 0.429. The van der Waals surface area contributed by atoms with Crippen LogP contribution in [-0.4, -0.2) is 39.3 Å². The van der Waals surface area contributed by atoms with Crippen LogP contribution >= 0.6 is 0 Å². The van der Waals surface area contributed by atoms with E-state index in [4.69, 9.17) is 0 Å². The third-order valence-corrected chi connectivity index (χ3v) is 4.05. The summed E-state index contributed by atoms with van der Waals surface area (Å²) in [6.07, 6.45) is 3.39. The van der Waals surface area contributed by atoms with Gasteiger partial charge in [-0.15, -0.1) is 0 Å². The summed E-state index contributed by atoms with van der Waals surface area (Å²) in [4.78, 5) is 0. The van der Waals surface area contributed by atoms with Crippen LogP contribution in [0.3, 0.4) is 0 Å². The van der Waals surface area contributed by atoms with Gasteiger partial charge >= 0.3 is 0 Å². The van der Waals surface area contributed by atoms with Gasteiger partial charge in [0.05, 0.1) is 0 Å². The zero-order valence-corrected chi connectivity index (χ0v) is 14.6. The minimum atomic E-state index is 1.04. The lowest BCUT2D eigenvalue weighted by Gasteiger charge is -2.08. The lowest BCUT2D eigenvalue weighted by Crippen LogP contribution is -2.30. The minimum absolute atomic E-state index is 1.04. The van der Waals surface area contributed by atoms with E-state index < -0.39 is 0 Å². The molecule has 130 valence electrons. The van der Waals surface area contributed by atoms with E-state index in [1.165, 1.54) is 17.5 Å². The van der Waals surface area contributed by atoms with Crippen molar-refractivity contribution >= 4 is 0 Å². The number of nitrogens with one attached hydrogen (secondary N) is 3. The van der Waals surface area contributed by atoms with Crippen molar-refractivity contribution in [3.05, 3.63) is 71.8 Å². The van der Waals surface area contributed by atoms with Crippen molar-refractivity contribution in [2.75, 3.05) is 39.3 Å². The lowest BCUT2D eigenvalue weighted by atomic mass is 10.1. The number of rotatable bonds is 13. The van der Waals surface area contributed by atoms with E-state index in [0.717, 1.165) is 52.1 Å². The van der Waals surface area contributed by atoms with Gasteiger partial charge in [0.2, 0.25) is 0 Å². The highest BCUT2D eigenvalue weighted by molar-refractivity contribution is 5.15. The van der Waals surface area contributed by atoms with Crippen LogP contribution in [0, 0.1) is 0 Å². The lowest BCUT2D eigenvalue weighted by molar-refractivity contribution is 0.573. The van der Waals surface area contributed by atoms with Crippen molar-refractivity contribution in [3.8, 4) is 0 Å². The Hall–Kier alpha value is -1.68. The molecule has 0 saturated carbocycles. The van der Waals surface area contributed by atoms with Gasteiger partial charge in [-0.05, 0) is 56.6 Å². The smallest absolute Gasteiger partial charge is 0.00768 e. The highest BCUT2D eigenvalue weighted by Crippen LogP contribution is 1.98. The fourth-order valence-electron chi connectivity index (χ4n) is 2.64. The molecule has 0 bridgehead atoms. The van der Waals surface area contributed by atoms with Crippen molar-refractivity contribution < 1.29 is 0 Å². The molecule has 24 heavy (non-hydrogen) atoms. The van der Waals surface area contributed by atoms with Gasteiger partial charge in [-0.25, -0.2) is 0 Å². The van der Waals surface area contributed by atoms with Crippen molar-refractivity contribution in [2.24, 2.45) is 0 Å². The molecular weight excluding hydrogens is 294 g/mol. The van der Waals surface area contributed by atoms with Crippen LogP contribution in [0.25, 0.3) is 0 Å². The summed E-state index contributed by atoms with van der Waals surface area (Å²) in [6, 6.07) is 21.3. The van der Waals surface area contributed by atoms with Crippen LogP contribution < -0.4 is 16.0 Å². The van der Waals surface area contributed by atoms with E-state index in [1.54, 1.807) is 0 Å². The Morgan fingerprint density at radius 1 is 0.458 bits per heavy atom. The summed E-state index contributed by atoms with van der Waals surface area (Å²) in [5.41, 5.74) is 2.81. The summed E-state index contributed by atoms with van der Waals surface area (Å²) in [5.74, 6) is 0. The largest absolute Gasteiger partial charge is 0.316 e. The predicted molar refractivity (Wildman–Crippen MR) is 104 cm³/mol. The van der Waals surface area contributed by atoms with Gasteiger partial charge in [0.1, 0.15) is 0 Å². The topological polar surface area (TPSA) is 36.1 Å². The molecule has 0 unspecified atom stereocenters. The van der Waals surface area contributed by atoms with E-state index >= 15 is 0 Å². The molecule has 0 aliphatic carbocycles. The molecule has 0 heterocycles. The van der Waals surface area contributed by atoms with Crippen molar-refractivity contribution in [2.45, 2.75) is 19.3 Å². The van der Waals surface area contributed by atoms with E-state index in [9.17, 15) is 0 Å². The standard InChI is InChI=1S/C21H31N3/c1-3-8-20(9-4-1)12-16-22-14-7-15-23-18-19-24-17-13-21-10-5-2-6-11-21/h1-6,8-11,22-24H,7,12-19H2. The van der Waals surface area contributed by atoms with Gasteiger partial charge < -0.3 is 16.0 Å². The second kappa shape index (κ2) is 12.7. The monoisotopic (exact) mass is 325 g/mol. The third kappa shape index (κ3) is 8.82. The van der Waals surface area contributed by atoms with Crippen LogP contribution in [-0.2, 0) is 12.8 Å². The Kier molecular flexibility index (Phi) is 9.88. The SMILES string of the molecule is c1ccc(CCNCCCNCCNCCc2ccccc2)cc1. The van der Waals surface area contributed by atoms with Crippen molar-refractivity contribution in [1.29, 1.82) is 0 Å². The quantitative estimate of drug-likeness (QED) is 0.496. The molecule has 0 fully saturated rings. The first-order chi connectivity index (χ1) is 11.9. The second-order valence-electron chi connectivity index (χ2n) is 6.07. The summed E-state index contributed by atoms with van der Waals surface area (Å²) in [5, 5.41) is 10.5. The van der Waals surface area contributed by atoms with Gasteiger partial charge in [0.15, 0.2) is 0 Å². The first kappa shape index (κ1) is 18.7. The summed E-state index contributed by atoms with van der Waals surface area (Å²) < 4.78 is 0. The maximum atomic E-state index is 3.51.